The molecular formula is C18H26N2O3S. The third-order valence-electron chi connectivity index (χ3n) is 3.96. The largest absolute Gasteiger partial charge is 0.460 e. The molecule has 0 aliphatic rings. The van der Waals surface area contributed by atoms with Gasteiger partial charge in [0.15, 0.2) is 0 Å². The van der Waals surface area contributed by atoms with Crippen molar-refractivity contribution in [3.8, 4) is 11.3 Å². The van der Waals surface area contributed by atoms with Crippen LogP contribution in [0.3, 0.4) is 0 Å². The molecule has 1 aromatic heterocycles. The number of aryl methyl sites for hydroxylation is 1. The molecule has 0 unspecified atom stereocenters. The molecule has 6 heteroatoms. The minimum absolute atomic E-state index is 0.144. The summed E-state index contributed by atoms with van der Waals surface area (Å²) in [6.07, 6.45) is 0.765. The van der Waals surface area contributed by atoms with E-state index in [1.807, 2.05) is 12.1 Å². The maximum Gasteiger partial charge on any atom is 0.213 e. The first kappa shape index (κ1) is 18.7. The number of rotatable bonds is 9. The van der Waals surface area contributed by atoms with E-state index in [2.05, 4.69) is 36.5 Å². The van der Waals surface area contributed by atoms with Crippen LogP contribution in [-0.2, 0) is 16.6 Å². The van der Waals surface area contributed by atoms with Gasteiger partial charge in [0.05, 0.1) is 12.3 Å². The van der Waals surface area contributed by atoms with Gasteiger partial charge in [-0.3, -0.25) is 0 Å². The van der Waals surface area contributed by atoms with Crippen LogP contribution in [0.25, 0.3) is 11.3 Å². The summed E-state index contributed by atoms with van der Waals surface area (Å²) < 4.78 is 30.5. The van der Waals surface area contributed by atoms with Crippen molar-refractivity contribution in [2.75, 3.05) is 25.9 Å². The Morgan fingerprint density at radius 2 is 1.83 bits per heavy atom. The lowest BCUT2D eigenvalue weighted by Gasteiger charge is -2.15. The lowest BCUT2D eigenvalue weighted by atomic mass is 10.1. The number of hydrogen-bond acceptors (Lipinski definition) is 4. The lowest BCUT2D eigenvalue weighted by Crippen LogP contribution is -2.31. The van der Waals surface area contributed by atoms with Gasteiger partial charge in [0, 0.05) is 19.2 Å². The molecule has 0 amide bonds. The molecule has 24 heavy (non-hydrogen) atoms. The van der Waals surface area contributed by atoms with Gasteiger partial charge in [-0.2, -0.15) is 0 Å². The van der Waals surface area contributed by atoms with Crippen LogP contribution in [0.15, 0.2) is 40.8 Å². The number of hydrogen-bond donors (Lipinski definition) is 1. The van der Waals surface area contributed by atoms with Gasteiger partial charge in [0.25, 0.3) is 0 Å². The standard InChI is InChI=1S/C18H26N2O3S/c1-4-24(21,22)20(3)13-5-12-19-14-17-10-11-18(23-17)16-8-6-15(2)7-9-16/h6-11,19H,4-5,12-14H2,1-3H3. The van der Waals surface area contributed by atoms with Gasteiger partial charge in [-0.25, -0.2) is 12.7 Å². The molecule has 1 heterocycles. The van der Waals surface area contributed by atoms with E-state index in [1.54, 1.807) is 14.0 Å². The average molecular weight is 350 g/mol. The Kier molecular flexibility index (Phi) is 6.60. The highest BCUT2D eigenvalue weighted by Gasteiger charge is 2.13. The number of nitrogens with zero attached hydrogens (tertiary/aromatic N) is 1. The summed E-state index contributed by atoms with van der Waals surface area (Å²) in [6.45, 7) is 5.62. The summed E-state index contributed by atoms with van der Waals surface area (Å²) in [5, 5.41) is 3.29. The number of nitrogens with one attached hydrogen (secondary N) is 1. The molecule has 132 valence electrons. The van der Waals surface area contributed by atoms with Crippen molar-refractivity contribution >= 4 is 10.0 Å². The van der Waals surface area contributed by atoms with E-state index < -0.39 is 10.0 Å². The Balaban J connectivity index is 1.75. The molecule has 1 aromatic carbocycles. The summed E-state index contributed by atoms with van der Waals surface area (Å²) in [7, 11) is -1.46. The normalized spacial score (nSPS) is 12.0. The highest BCUT2D eigenvalue weighted by Crippen LogP contribution is 2.22. The third-order valence-corrected chi connectivity index (χ3v) is 5.83. The van der Waals surface area contributed by atoms with Crippen molar-refractivity contribution in [1.82, 2.24) is 9.62 Å². The molecule has 2 aromatic rings. The van der Waals surface area contributed by atoms with Crippen LogP contribution in [0.4, 0.5) is 0 Å². The average Bonchev–Trinajstić information content (AvgIpc) is 3.03. The molecular weight excluding hydrogens is 324 g/mol. The van der Waals surface area contributed by atoms with E-state index in [4.69, 9.17) is 4.42 Å². The number of furan rings is 1. The van der Waals surface area contributed by atoms with Crippen LogP contribution in [0, 0.1) is 6.92 Å². The summed E-state index contributed by atoms with van der Waals surface area (Å²) in [4.78, 5) is 0. The molecule has 0 aliphatic heterocycles. The molecule has 0 aliphatic carbocycles. The fourth-order valence-corrected chi connectivity index (χ4v) is 3.19. The molecule has 1 N–H and O–H groups in total. The summed E-state index contributed by atoms with van der Waals surface area (Å²) >= 11 is 0. The zero-order valence-electron chi connectivity index (χ0n) is 14.6. The molecule has 0 radical (unpaired) electrons. The maximum atomic E-state index is 11.6. The highest BCUT2D eigenvalue weighted by molar-refractivity contribution is 7.89. The Labute approximate surface area is 144 Å². The molecule has 0 saturated carbocycles. The van der Waals surface area contributed by atoms with Gasteiger partial charge in [0.2, 0.25) is 10.0 Å². The predicted molar refractivity (Wildman–Crippen MR) is 97.3 cm³/mol. The second-order valence-corrected chi connectivity index (χ2v) is 8.25. The smallest absolute Gasteiger partial charge is 0.213 e. The fourth-order valence-electron chi connectivity index (χ4n) is 2.34. The first-order chi connectivity index (χ1) is 11.4. The van der Waals surface area contributed by atoms with Gasteiger partial charge in [0.1, 0.15) is 11.5 Å². The minimum Gasteiger partial charge on any atom is -0.460 e. The SMILES string of the molecule is CCS(=O)(=O)N(C)CCCNCc1ccc(-c2ccc(C)cc2)o1. The molecule has 0 saturated heterocycles. The quantitative estimate of drug-likeness (QED) is 0.706. The highest BCUT2D eigenvalue weighted by atomic mass is 32.2. The van der Waals surface area contributed by atoms with Gasteiger partial charge < -0.3 is 9.73 Å². The Morgan fingerprint density at radius 1 is 1.12 bits per heavy atom. The number of benzene rings is 1. The zero-order chi connectivity index (χ0) is 17.6. The summed E-state index contributed by atoms with van der Waals surface area (Å²) in [6, 6.07) is 12.2. The van der Waals surface area contributed by atoms with Crippen LogP contribution >= 0.6 is 0 Å². The van der Waals surface area contributed by atoms with Gasteiger partial charge in [-0.15, -0.1) is 0 Å². The zero-order valence-corrected chi connectivity index (χ0v) is 15.4. The van der Waals surface area contributed by atoms with E-state index in [9.17, 15) is 8.42 Å². The van der Waals surface area contributed by atoms with Gasteiger partial charge in [-0.1, -0.05) is 29.8 Å². The second kappa shape index (κ2) is 8.46. The summed E-state index contributed by atoms with van der Waals surface area (Å²) in [5.41, 5.74) is 2.29. The van der Waals surface area contributed by atoms with Crippen LogP contribution in [0.5, 0.6) is 0 Å². The van der Waals surface area contributed by atoms with E-state index >= 15 is 0 Å². The molecule has 0 bridgehead atoms. The van der Waals surface area contributed by atoms with E-state index in [0.717, 1.165) is 30.0 Å². The van der Waals surface area contributed by atoms with Crippen molar-refractivity contribution in [2.24, 2.45) is 0 Å². The first-order valence-corrected chi connectivity index (χ1v) is 9.84. The predicted octanol–water partition coefficient (Wildman–Crippen LogP) is 3.02. The maximum absolute atomic E-state index is 11.6. The molecule has 5 nitrogen and oxygen atoms in total. The van der Waals surface area contributed by atoms with Gasteiger partial charge >= 0.3 is 0 Å². The molecule has 0 fully saturated rings. The minimum atomic E-state index is -3.08. The van der Waals surface area contributed by atoms with Gasteiger partial charge in [-0.05, 0) is 38.9 Å². The number of sulfonamides is 1. The van der Waals surface area contributed by atoms with E-state index in [-0.39, 0.29) is 5.75 Å². The topological polar surface area (TPSA) is 62.6 Å². The fraction of sp³-hybridized carbons (Fsp3) is 0.444. The Bertz CT molecular complexity index is 736. The molecule has 2 rings (SSSR count). The summed E-state index contributed by atoms with van der Waals surface area (Å²) in [5.74, 6) is 1.88. The van der Waals surface area contributed by atoms with Crippen molar-refractivity contribution < 1.29 is 12.8 Å². The third kappa shape index (κ3) is 5.19. The van der Waals surface area contributed by atoms with Crippen molar-refractivity contribution in [3.05, 3.63) is 47.7 Å². The van der Waals surface area contributed by atoms with E-state index in [0.29, 0.717) is 13.1 Å². The molecule has 0 atom stereocenters. The monoisotopic (exact) mass is 350 g/mol. The Hall–Kier alpha value is -1.63. The van der Waals surface area contributed by atoms with Crippen LogP contribution in [0.1, 0.15) is 24.7 Å². The van der Waals surface area contributed by atoms with Crippen molar-refractivity contribution in [2.45, 2.75) is 26.8 Å². The first-order valence-electron chi connectivity index (χ1n) is 8.23. The Morgan fingerprint density at radius 3 is 2.50 bits per heavy atom. The van der Waals surface area contributed by atoms with Crippen LogP contribution in [-0.4, -0.2) is 38.6 Å². The van der Waals surface area contributed by atoms with Crippen LogP contribution < -0.4 is 5.32 Å². The second-order valence-electron chi connectivity index (χ2n) is 5.88. The van der Waals surface area contributed by atoms with Crippen molar-refractivity contribution in [1.29, 1.82) is 0 Å². The molecule has 0 spiro atoms. The van der Waals surface area contributed by atoms with Crippen LogP contribution in [0.2, 0.25) is 0 Å². The van der Waals surface area contributed by atoms with E-state index in [1.165, 1.54) is 9.87 Å². The lowest BCUT2D eigenvalue weighted by molar-refractivity contribution is 0.445. The van der Waals surface area contributed by atoms with Crippen molar-refractivity contribution in [3.63, 3.8) is 0 Å².